The number of benzene rings is 2. The van der Waals surface area contributed by atoms with E-state index in [9.17, 15) is 9.59 Å². The van der Waals surface area contributed by atoms with Gasteiger partial charge in [0.05, 0.1) is 6.61 Å². The fourth-order valence-electron chi connectivity index (χ4n) is 3.13. The minimum Gasteiger partial charge on any atom is -0.494 e. The van der Waals surface area contributed by atoms with Gasteiger partial charge in [-0.2, -0.15) is 0 Å². The van der Waals surface area contributed by atoms with Gasteiger partial charge in [-0.15, -0.1) is 0 Å². The molecular formula is C26H34N4O5. The molecule has 0 aliphatic carbocycles. The molecule has 0 saturated carbocycles. The van der Waals surface area contributed by atoms with Gasteiger partial charge in [-0.1, -0.05) is 47.6 Å². The van der Waals surface area contributed by atoms with E-state index in [0.717, 1.165) is 30.4 Å². The molecule has 0 radical (unpaired) electrons. The molecule has 0 saturated heterocycles. The summed E-state index contributed by atoms with van der Waals surface area (Å²) in [4.78, 5) is 27.9. The van der Waals surface area contributed by atoms with Gasteiger partial charge in [-0.05, 0) is 68.8 Å². The number of azide groups is 1. The average molecular weight is 483 g/mol. The summed E-state index contributed by atoms with van der Waals surface area (Å²) in [5.74, 6) is 0.174. The van der Waals surface area contributed by atoms with Gasteiger partial charge in [-0.25, -0.2) is 9.59 Å². The molecule has 1 unspecified atom stereocenters. The highest BCUT2D eigenvalue weighted by atomic mass is 16.6. The van der Waals surface area contributed by atoms with E-state index in [1.54, 1.807) is 20.8 Å². The van der Waals surface area contributed by atoms with Crippen molar-refractivity contribution in [2.24, 2.45) is 5.11 Å². The number of unbranched alkanes of at least 4 members (excludes halogenated alkanes) is 2. The number of nitrogens with zero attached hydrogens (tertiary/aromatic N) is 3. The zero-order chi connectivity index (χ0) is 25.5. The lowest BCUT2D eigenvalue weighted by Crippen LogP contribution is -2.45. The monoisotopic (exact) mass is 482 g/mol. The van der Waals surface area contributed by atoms with Crippen LogP contribution in [0.1, 0.15) is 51.2 Å². The quantitative estimate of drug-likeness (QED) is 0.128. The lowest BCUT2D eigenvalue weighted by molar-refractivity contribution is -0.147. The predicted octanol–water partition coefficient (Wildman–Crippen LogP) is 5.73. The normalized spacial score (nSPS) is 11.6. The molecular weight excluding hydrogens is 448 g/mol. The Balaban J connectivity index is 1.93. The van der Waals surface area contributed by atoms with Crippen LogP contribution in [0.5, 0.6) is 5.75 Å². The van der Waals surface area contributed by atoms with E-state index < -0.39 is 23.7 Å². The average Bonchev–Trinajstić information content (AvgIpc) is 2.82. The Morgan fingerprint density at radius 3 is 2.37 bits per heavy atom. The number of amides is 1. The number of rotatable bonds is 13. The second-order valence-electron chi connectivity index (χ2n) is 9.00. The van der Waals surface area contributed by atoms with Crippen LogP contribution < -0.4 is 10.1 Å². The second-order valence-corrected chi connectivity index (χ2v) is 9.00. The largest absolute Gasteiger partial charge is 0.494 e. The topological polar surface area (TPSA) is 123 Å². The molecule has 1 N–H and O–H groups in total. The van der Waals surface area contributed by atoms with Gasteiger partial charge in [0.1, 0.15) is 24.0 Å². The number of ether oxygens (including phenoxy) is 3. The van der Waals surface area contributed by atoms with E-state index in [1.165, 1.54) is 0 Å². The fourth-order valence-corrected chi connectivity index (χ4v) is 3.13. The number of alkyl carbamates (subject to hydrolysis) is 1. The Hall–Kier alpha value is -3.71. The van der Waals surface area contributed by atoms with Crippen molar-refractivity contribution in [2.45, 2.75) is 64.7 Å². The SMILES string of the molecule is CC(C)(C)OC(=O)NC(Cc1ccc(OCCCCCN=[N+]=[N-])cc1)C(=O)OCc1ccccc1. The van der Waals surface area contributed by atoms with Gasteiger partial charge in [0.2, 0.25) is 0 Å². The van der Waals surface area contributed by atoms with Crippen LogP contribution in [0.2, 0.25) is 0 Å². The molecule has 188 valence electrons. The molecule has 0 bridgehead atoms. The number of esters is 1. The highest BCUT2D eigenvalue weighted by Crippen LogP contribution is 2.16. The molecule has 2 aromatic rings. The Labute approximate surface area is 206 Å². The van der Waals surface area contributed by atoms with Gasteiger partial charge in [0, 0.05) is 17.9 Å². The summed E-state index contributed by atoms with van der Waals surface area (Å²) in [5.41, 5.74) is 9.27. The third-order valence-electron chi connectivity index (χ3n) is 4.80. The molecule has 0 aliphatic rings. The van der Waals surface area contributed by atoms with E-state index in [0.29, 0.717) is 18.9 Å². The summed E-state index contributed by atoms with van der Waals surface area (Å²) in [5, 5.41) is 6.15. The third kappa shape index (κ3) is 11.8. The van der Waals surface area contributed by atoms with Gasteiger partial charge in [-0.3, -0.25) is 0 Å². The first-order valence-corrected chi connectivity index (χ1v) is 11.7. The fraction of sp³-hybridized carbons (Fsp3) is 0.462. The van der Waals surface area contributed by atoms with E-state index in [1.807, 2.05) is 54.6 Å². The molecule has 9 nitrogen and oxygen atoms in total. The number of carbonyl (C=O) groups is 2. The zero-order valence-electron chi connectivity index (χ0n) is 20.6. The highest BCUT2D eigenvalue weighted by Gasteiger charge is 2.26. The molecule has 0 fully saturated rings. The van der Waals surface area contributed by atoms with Crippen molar-refractivity contribution in [3.05, 3.63) is 76.2 Å². The van der Waals surface area contributed by atoms with E-state index in [2.05, 4.69) is 15.3 Å². The maximum atomic E-state index is 12.8. The first kappa shape index (κ1) is 27.5. The maximum Gasteiger partial charge on any atom is 0.408 e. The van der Waals surface area contributed by atoms with Crippen LogP contribution >= 0.6 is 0 Å². The van der Waals surface area contributed by atoms with E-state index in [4.69, 9.17) is 19.7 Å². The van der Waals surface area contributed by atoms with Crippen molar-refractivity contribution in [3.8, 4) is 5.75 Å². The van der Waals surface area contributed by atoms with Crippen molar-refractivity contribution in [3.63, 3.8) is 0 Å². The molecule has 2 rings (SSSR count). The van der Waals surface area contributed by atoms with Crippen molar-refractivity contribution in [1.82, 2.24) is 5.32 Å². The van der Waals surface area contributed by atoms with Crippen molar-refractivity contribution in [2.75, 3.05) is 13.2 Å². The lowest BCUT2D eigenvalue weighted by atomic mass is 10.1. The molecule has 35 heavy (non-hydrogen) atoms. The third-order valence-corrected chi connectivity index (χ3v) is 4.80. The Bertz CT molecular complexity index is 967. The van der Waals surface area contributed by atoms with Gasteiger partial charge < -0.3 is 19.5 Å². The maximum absolute atomic E-state index is 12.8. The summed E-state index contributed by atoms with van der Waals surface area (Å²) in [7, 11) is 0. The van der Waals surface area contributed by atoms with E-state index in [-0.39, 0.29) is 13.0 Å². The zero-order valence-corrected chi connectivity index (χ0v) is 20.6. The first-order valence-electron chi connectivity index (χ1n) is 11.7. The minimum absolute atomic E-state index is 0.113. The van der Waals surface area contributed by atoms with Crippen LogP contribution in [0.25, 0.3) is 10.4 Å². The summed E-state index contributed by atoms with van der Waals surface area (Å²) in [6.45, 7) is 6.44. The lowest BCUT2D eigenvalue weighted by Gasteiger charge is -2.23. The highest BCUT2D eigenvalue weighted by molar-refractivity contribution is 5.81. The van der Waals surface area contributed by atoms with Crippen LogP contribution in [0.3, 0.4) is 0 Å². The van der Waals surface area contributed by atoms with Crippen molar-refractivity contribution < 1.29 is 23.8 Å². The summed E-state index contributed by atoms with van der Waals surface area (Å²) in [6.07, 6.45) is 2.17. The Morgan fingerprint density at radius 1 is 1.00 bits per heavy atom. The van der Waals surface area contributed by atoms with Crippen LogP contribution in [-0.4, -0.2) is 36.9 Å². The van der Waals surface area contributed by atoms with Crippen LogP contribution in [-0.2, 0) is 27.3 Å². The molecule has 0 spiro atoms. The standard InChI is InChI=1S/C26H34N4O5/c1-26(2,3)35-25(32)29-23(24(31)34-19-21-10-6-4-7-11-21)18-20-12-14-22(15-13-20)33-17-9-5-8-16-28-30-27/h4,6-7,10-15,23H,5,8-9,16-19H2,1-3H3,(H,29,32). The minimum atomic E-state index is -0.906. The molecule has 1 atom stereocenters. The molecule has 1 amide bonds. The smallest absolute Gasteiger partial charge is 0.408 e. The Morgan fingerprint density at radius 2 is 1.71 bits per heavy atom. The number of hydrogen-bond acceptors (Lipinski definition) is 6. The number of nitrogens with one attached hydrogen (secondary N) is 1. The summed E-state index contributed by atoms with van der Waals surface area (Å²) < 4.78 is 16.5. The van der Waals surface area contributed by atoms with Crippen LogP contribution in [0, 0.1) is 0 Å². The first-order chi connectivity index (χ1) is 16.8. The predicted molar refractivity (Wildman–Crippen MR) is 133 cm³/mol. The summed E-state index contributed by atoms with van der Waals surface area (Å²) >= 11 is 0. The molecule has 2 aromatic carbocycles. The van der Waals surface area contributed by atoms with Gasteiger partial charge in [0.15, 0.2) is 0 Å². The number of hydrogen-bond donors (Lipinski definition) is 1. The molecule has 0 aromatic heterocycles. The van der Waals surface area contributed by atoms with Gasteiger partial charge in [0.25, 0.3) is 0 Å². The number of carbonyl (C=O) groups excluding carboxylic acids is 2. The van der Waals surface area contributed by atoms with Crippen LogP contribution in [0.4, 0.5) is 4.79 Å². The van der Waals surface area contributed by atoms with Crippen molar-refractivity contribution >= 4 is 12.1 Å². The summed E-state index contributed by atoms with van der Waals surface area (Å²) in [6, 6.07) is 15.8. The Kier molecular flexibility index (Phi) is 11.4. The van der Waals surface area contributed by atoms with Crippen molar-refractivity contribution in [1.29, 1.82) is 0 Å². The van der Waals surface area contributed by atoms with Gasteiger partial charge >= 0.3 is 12.1 Å². The second kappa shape index (κ2) is 14.5. The molecule has 0 aliphatic heterocycles. The van der Waals surface area contributed by atoms with Crippen LogP contribution in [0.15, 0.2) is 59.7 Å². The molecule has 9 heteroatoms. The van der Waals surface area contributed by atoms with E-state index >= 15 is 0 Å². The molecule has 0 heterocycles.